The van der Waals surface area contributed by atoms with E-state index in [0.29, 0.717) is 17.9 Å². The number of aryl methyl sites for hydroxylation is 1. The van der Waals surface area contributed by atoms with Gasteiger partial charge in [-0.3, -0.25) is 4.79 Å². The van der Waals surface area contributed by atoms with Crippen LogP contribution in [-0.4, -0.2) is 20.9 Å². The summed E-state index contributed by atoms with van der Waals surface area (Å²) < 4.78 is 5.09. The van der Waals surface area contributed by atoms with E-state index in [2.05, 4.69) is 20.3 Å². The van der Waals surface area contributed by atoms with Gasteiger partial charge in [0, 0.05) is 18.8 Å². The second-order valence-corrected chi connectivity index (χ2v) is 4.93. The summed E-state index contributed by atoms with van der Waals surface area (Å²) in [6.07, 6.45) is 5.30. The highest BCUT2D eigenvalue weighted by molar-refractivity contribution is 5.93. The summed E-state index contributed by atoms with van der Waals surface area (Å²) in [5, 5.41) is 2.99. The van der Waals surface area contributed by atoms with Crippen LogP contribution >= 0.6 is 0 Å². The minimum Gasteiger partial charge on any atom is -0.448 e. The average molecular weight is 296 g/mol. The number of aromatic nitrogens is 3. The maximum Gasteiger partial charge on any atom is 0.274 e. The number of carbonyl (C=O) groups excluding carboxylic acids is 1. The van der Waals surface area contributed by atoms with Gasteiger partial charge in [-0.05, 0) is 12.5 Å². The number of nitrogens with zero attached hydrogens (tertiary/aromatic N) is 2. The van der Waals surface area contributed by atoms with Crippen molar-refractivity contribution < 1.29 is 9.21 Å². The van der Waals surface area contributed by atoms with Crippen LogP contribution in [0.5, 0.6) is 0 Å². The maximum atomic E-state index is 12.4. The Kier molecular flexibility index (Phi) is 4.00. The highest BCUT2D eigenvalue weighted by atomic mass is 16.3. The standard InChI is InChI=1S/C16H16N4O2/c1-11-15(19-10-22-11)16(21)20-13(9-14-17-7-8-18-14)12-5-3-2-4-6-12/h2-8,10,13H,9H2,1H3,(H,17,18)(H,20,21)/t13-/m1/s1. The van der Waals surface area contributed by atoms with Crippen molar-refractivity contribution in [3.63, 3.8) is 0 Å². The first kappa shape index (κ1) is 14.1. The number of aromatic amines is 1. The van der Waals surface area contributed by atoms with Crippen LogP contribution < -0.4 is 5.32 Å². The summed E-state index contributed by atoms with van der Waals surface area (Å²) in [5.74, 6) is 1.06. The van der Waals surface area contributed by atoms with Gasteiger partial charge in [-0.1, -0.05) is 30.3 Å². The number of hydrogen-bond donors (Lipinski definition) is 2. The smallest absolute Gasteiger partial charge is 0.274 e. The molecular weight excluding hydrogens is 280 g/mol. The molecule has 0 aliphatic carbocycles. The van der Waals surface area contributed by atoms with E-state index < -0.39 is 0 Å². The molecule has 22 heavy (non-hydrogen) atoms. The van der Waals surface area contributed by atoms with Crippen molar-refractivity contribution in [2.24, 2.45) is 0 Å². The number of amides is 1. The first-order valence-electron chi connectivity index (χ1n) is 6.98. The molecule has 112 valence electrons. The van der Waals surface area contributed by atoms with Crippen molar-refractivity contribution in [1.29, 1.82) is 0 Å². The second kappa shape index (κ2) is 6.26. The van der Waals surface area contributed by atoms with Gasteiger partial charge in [-0.25, -0.2) is 9.97 Å². The molecule has 0 fully saturated rings. The molecule has 2 heterocycles. The third-order valence-electron chi connectivity index (χ3n) is 3.42. The second-order valence-electron chi connectivity index (χ2n) is 4.93. The molecule has 6 nitrogen and oxygen atoms in total. The molecule has 3 aromatic rings. The van der Waals surface area contributed by atoms with E-state index in [1.54, 1.807) is 19.3 Å². The summed E-state index contributed by atoms with van der Waals surface area (Å²) >= 11 is 0. The molecule has 0 saturated heterocycles. The molecular formula is C16H16N4O2. The minimum atomic E-state index is -0.258. The molecule has 0 aliphatic heterocycles. The van der Waals surface area contributed by atoms with Gasteiger partial charge in [0.05, 0.1) is 6.04 Å². The van der Waals surface area contributed by atoms with Crippen LogP contribution in [0.25, 0.3) is 0 Å². The summed E-state index contributed by atoms with van der Waals surface area (Å²) in [4.78, 5) is 23.6. The van der Waals surface area contributed by atoms with Crippen LogP contribution in [0, 0.1) is 6.92 Å². The van der Waals surface area contributed by atoms with Crippen molar-refractivity contribution in [2.75, 3.05) is 0 Å². The van der Waals surface area contributed by atoms with E-state index in [9.17, 15) is 4.79 Å². The normalized spacial score (nSPS) is 12.0. The molecule has 0 aliphatic rings. The topological polar surface area (TPSA) is 83.8 Å². The third-order valence-corrected chi connectivity index (χ3v) is 3.42. The molecule has 1 aromatic carbocycles. The predicted octanol–water partition coefficient (Wildman–Crippen LogP) is 2.42. The number of hydrogen-bond acceptors (Lipinski definition) is 4. The number of rotatable bonds is 5. The molecule has 3 rings (SSSR count). The molecule has 0 saturated carbocycles. The van der Waals surface area contributed by atoms with E-state index in [4.69, 9.17) is 4.42 Å². The van der Waals surface area contributed by atoms with Crippen molar-refractivity contribution in [3.8, 4) is 0 Å². The zero-order chi connectivity index (χ0) is 15.4. The Morgan fingerprint density at radius 1 is 1.32 bits per heavy atom. The maximum absolute atomic E-state index is 12.4. The molecule has 6 heteroatoms. The Morgan fingerprint density at radius 3 is 2.77 bits per heavy atom. The molecule has 1 atom stereocenters. The number of benzene rings is 1. The van der Waals surface area contributed by atoms with Crippen LogP contribution in [0.2, 0.25) is 0 Å². The summed E-state index contributed by atoms with van der Waals surface area (Å²) in [7, 11) is 0. The van der Waals surface area contributed by atoms with E-state index >= 15 is 0 Å². The van der Waals surface area contributed by atoms with Gasteiger partial charge in [0.15, 0.2) is 12.1 Å². The van der Waals surface area contributed by atoms with Crippen molar-refractivity contribution in [2.45, 2.75) is 19.4 Å². The molecule has 2 aromatic heterocycles. The Balaban J connectivity index is 1.82. The van der Waals surface area contributed by atoms with E-state index in [0.717, 1.165) is 11.4 Å². The summed E-state index contributed by atoms with van der Waals surface area (Å²) in [6.45, 7) is 1.71. The van der Waals surface area contributed by atoms with Crippen LogP contribution in [0.4, 0.5) is 0 Å². The van der Waals surface area contributed by atoms with Gasteiger partial charge in [-0.2, -0.15) is 0 Å². The zero-order valence-corrected chi connectivity index (χ0v) is 12.1. The Labute approximate surface area is 127 Å². The first-order valence-corrected chi connectivity index (χ1v) is 6.98. The Bertz CT molecular complexity index is 735. The highest BCUT2D eigenvalue weighted by Gasteiger charge is 2.20. The quantitative estimate of drug-likeness (QED) is 0.757. The summed E-state index contributed by atoms with van der Waals surface area (Å²) in [5.41, 5.74) is 1.31. The fourth-order valence-electron chi connectivity index (χ4n) is 2.29. The van der Waals surface area contributed by atoms with Crippen LogP contribution in [0.3, 0.4) is 0 Å². The lowest BCUT2D eigenvalue weighted by atomic mass is 10.0. The SMILES string of the molecule is Cc1ocnc1C(=O)N[C@H](Cc1ncc[nH]1)c1ccccc1. The first-order chi connectivity index (χ1) is 10.7. The average Bonchev–Trinajstić information content (AvgIpc) is 3.19. The van der Waals surface area contributed by atoms with Crippen LogP contribution in [0.1, 0.15) is 33.7 Å². The molecule has 0 unspecified atom stereocenters. The molecule has 1 amide bonds. The van der Waals surface area contributed by atoms with Crippen LogP contribution in [0.15, 0.2) is 53.5 Å². The molecule has 2 N–H and O–H groups in total. The van der Waals surface area contributed by atoms with Gasteiger partial charge in [-0.15, -0.1) is 0 Å². The predicted molar refractivity (Wildman–Crippen MR) is 80.2 cm³/mol. The largest absolute Gasteiger partial charge is 0.448 e. The van der Waals surface area contributed by atoms with Gasteiger partial charge in [0.25, 0.3) is 5.91 Å². The fourth-order valence-corrected chi connectivity index (χ4v) is 2.29. The van der Waals surface area contributed by atoms with Gasteiger partial charge in [0.2, 0.25) is 0 Å². The fraction of sp³-hybridized carbons (Fsp3) is 0.188. The van der Waals surface area contributed by atoms with E-state index in [1.165, 1.54) is 6.39 Å². The van der Waals surface area contributed by atoms with Crippen molar-refractivity contribution >= 4 is 5.91 Å². The number of nitrogens with one attached hydrogen (secondary N) is 2. The number of carbonyl (C=O) groups is 1. The van der Waals surface area contributed by atoms with E-state index in [-0.39, 0.29) is 11.9 Å². The molecule has 0 bridgehead atoms. The molecule has 0 spiro atoms. The number of H-pyrrole nitrogens is 1. The lowest BCUT2D eigenvalue weighted by Crippen LogP contribution is -2.30. The summed E-state index contributed by atoms with van der Waals surface area (Å²) in [6, 6.07) is 9.58. The van der Waals surface area contributed by atoms with Crippen LogP contribution in [-0.2, 0) is 6.42 Å². The highest BCUT2D eigenvalue weighted by Crippen LogP contribution is 2.18. The zero-order valence-electron chi connectivity index (χ0n) is 12.1. The number of imidazole rings is 1. The third kappa shape index (κ3) is 3.06. The Morgan fingerprint density at radius 2 is 2.14 bits per heavy atom. The lowest BCUT2D eigenvalue weighted by molar-refractivity contribution is 0.0930. The van der Waals surface area contributed by atoms with E-state index in [1.807, 2.05) is 30.3 Å². The molecule has 0 radical (unpaired) electrons. The van der Waals surface area contributed by atoms with Crippen molar-refractivity contribution in [3.05, 3.63) is 72.0 Å². The Hall–Kier alpha value is -2.89. The van der Waals surface area contributed by atoms with Gasteiger partial charge >= 0.3 is 0 Å². The van der Waals surface area contributed by atoms with Gasteiger partial charge in [0.1, 0.15) is 11.6 Å². The monoisotopic (exact) mass is 296 g/mol. The number of oxazole rings is 1. The van der Waals surface area contributed by atoms with Gasteiger partial charge < -0.3 is 14.7 Å². The minimum absolute atomic E-state index is 0.198. The lowest BCUT2D eigenvalue weighted by Gasteiger charge is -2.17. The van der Waals surface area contributed by atoms with Crippen molar-refractivity contribution in [1.82, 2.24) is 20.3 Å².